The maximum absolute atomic E-state index is 14.5. The minimum atomic E-state index is -2.76. The quantitative estimate of drug-likeness (QED) is 0.0199. The molecule has 121 heavy (non-hydrogen) atoms. The average molecular weight is 1780 g/mol. The van der Waals surface area contributed by atoms with Crippen LogP contribution in [-0.2, 0) is 57.4 Å². The van der Waals surface area contributed by atoms with Crippen molar-refractivity contribution in [2.45, 2.75) is 184 Å². The monoisotopic (exact) mass is 1780 g/mol. The van der Waals surface area contributed by atoms with E-state index in [4.69, 9.17) is 9.47 Å². The van der Waals surface area contributed by atoms with Gasteiger partial charge in [-0.1, -0.05) is 0 Å². The summed E-state index contributed by atoms with van der Waals surface area (Å²) in [6, 6.07) is -4.47. The van der Waals surface area contributed by atoms with E-state index in [1.165, 1.54) is 0 Å². The molecule has 1 saturated heterocycles. The van der Waals surface area contributed by atoms with Crippen LogP contribution in [0.1, 0.15) is 19.8 Å². The molecular weight excluding hydrogens is 1660 g/mol. The van der Waals surface area contributed by atoms with Crippen LogP contribution in [-0.4, -0.2) is 557 Å². The first-order valence-electron chi connectivity index (χ1n) is 36.7. The van der Waals surface area contributed by atoms with Gasteiger partial charge < -0.3 is 215 Å². The molecule has 0 saturated carbocycles. The summed E-state index contributed by atoms with van der Waals surface area (Å²) in [5.74, 6) is -16.9. The van der Waals surface area contributed by atoms with E-state index < -0.39 is 392 Å². The Morgan fingerprint density at radius 2 is 0.562 bits per heavy atom. The Kier molecular flexibility index (Phi) is 50.3. The number of aliphatic hydroxyl groups is 30. The standard InChI is InChI=1S/C64H119N11O46/c1-62(75(6-36(90)91)7-37(92)93)22-73(26(58(114)115)4-34(88)67-16-63(14-65-24-120-60(118)52(108)42(98)32(86)12-80,18-69-54(110)48(104)44(100)38(94)28(82)8-76)19-70-55(111)49(105)45(101)39(95)29(83)9-77)2-3-74(23-62)27(59(116)117)5-35(89)68-17-64(15-66-25-121-61(119)53(109)43(99)33(87)13-81,20-71-56(112)50(106)46(102)40(96)30(84)10-78)21-72-57(113)51(107)47(103)41(97)31(85)11-79/h26-33,38-53,60-61,65-66,76-87,94-109,118-119H,2-25H2,1H3,(H,67,88)(H,68,89)(H,69,110)(H,70,111)(H,71,112)(H,72,113)(H,90,91)(H,92,93)(H,114,115)(H,116,117). The Balaban J connectivity index is 4.32. The molecule has 0 aliphatic carbocycles. The Morgan fingerprint density at radius 1 is 0.339 bits per heavy atom. The van der Waals surface area contributed by atoms with E-state index in [0.29, 0.717) is 4.90 Å². The van der Waals surface area contributed by atoms with Gasteiger partial charge in [0.2, 0.25) is 11.8 Å². The molecule has 1 heterocycles. The lowest BCUT2D eigenvalue weighted by Gasteiger charge is -2.44. The van der Waals surface area contributed by atoms with Crippen molar-refractivity contribution < 1.29 is 231 Å². The van der Waals surface area contributed by atoms with Crippen LogP contribution in [0.15, 0.2) is 0 Å². The predicted molar refractivity (Wildman–Crippen MR) is 388 cm³/mol. The van der Waals surface area contributed by atoms with Gasteiger partial charge in [0.25, 0.3) is 23.6 Å². The highest BCUT2D eigenvalue weighted by molar-refractivity contribution is 5.86. The minimum Gasteiger partial charge on any atom is -0.480 e. The summed E-state index contributed by atoms with van der Waals surface area (Å²) in [7, 11) is 0. The van der Waals surface area contributed by atoms with E-state index in [1.54, 1.807) is 0 Å². The molecule has 6 amide bonds. The number of nitrogens with zero attached hydrogens (tertiary/aromatic N) is 3. The summed E-state index contributed by atoms with van der Waals surface area (Å²) >= 11 is 0. The zero-order chi connectivity index (χ0) is 93.1. The van der Waals surface area contributed by atoms with Crippen LogP contribution >= 0.6 is 0 Å². The van der Waals surface area contributed by atoms with Gasteiger partial charge >= 0.3 is 23.9 Å². The van der Waals surface area contributed by atoms with E-state index in [1.807, 2.05) is 0 Å². The Bertz CT molecular complexity index is 2870. The maximum Gasteiger partial charge on any atom is 0.321 e. The molecule has 26 unspecified atom stereocenters. The molecule has 706 valence electrons. The van der Waals surface area contributed by atoms with Crippen LogP contribution in [0.4, 0.5) is 0 Å². The Labute approximate surface area is 685 Å². The first kappa shape index (κ1) is 112. The summed E-state index contributed by atoms with van der Waals surface area (Å²) < 4.78 is 10.1. The largest absolute Gasteiger partial charge is 0.480 e. The highest BCUT2D eigenvalue weighted by atomic mass is 16.6. The van der Waals surface area contributed by atoms with Crippen LogP contribution < -0.4 is 42.5 Å². The first-order valence-corrected chi connectivity index (χ1v) is 36.7. The number of nitrogens with one attached hydrogen (secondary N) is 8. The number of amides is 6. The molecule has 1 aliphatic heterocycles. The summed E-state index contributed by atoms with van der Waals surface area (Å²) in [5.41, 5.74) is -6.70. The highest BCUT2D eigenvalue weighted by Crippen LogP contribution is 2.28. The maximum atomic E-state index is 14.5. The first-order chi connectivity index (χ1) is 56.3. The number of aliphatic carboxylic acids is 4. The summed E-state index contributed by atoms with van der Waals surface area (Å²) in [4.78, 5) is 138. The number of hydrogen-bond donors (Lipinski definition) is 42. The van der Waals surface area contributed by atoms with Gasteiger partial charge in [-0.15, -0.1) is 0 Å². The third kappa shape index (κ3) is 35.6. The van der Waals surface area contributed by atoms with E-state index in [-0.39, 0.29) is 0 Å². The van der Waals surface area contributed by atoms with Crippen molar-refractivity contribution in [1.82, 2.24) is 57.2 Å². The van der Waals surface area contributed by atoms with Crippen LogP contribution in [0.25, 0.3) is 0 Å². The molecule has 26 atom stereocenters. The fourth-order valence-electron chi connectivity index (χ4n) is 11.8. The molecule has 57 nitrogen and oxygen atoms in total. The minimum absolute atomic E-state index is 0.705. The lowest BCUT2D eigenvalue weighted by molar-refractivity contribution is -0.207. The number of aliphatic hydroxyl groups excluding tert-OH is 30. The zero-order valence-corrected chi connectivity index (χ0v) is 64.9. The fourth-order valence-corrected chi connectivity index (χ4v) is 11.8. The van der Waals surface area contributed by atoms with Crippen LogP contribution in [0.2, 0.25) is 0 Å². The van der Waals surface area contributed by atoms with Gasteiger partial charge in [-0.2, -0.15) is 0 Å². The smallest absolute Gasteiger partial charge is 0.321 e. The average Bonchev–Trinajstić information content (AvgIpc) is 1.68. The fraction of sp³-hybridized carbons (Fsp3) is 0.844. The van der Waals surface area contributed by atoms with Crippen molar-refractivity contribution in [2.24, 2.45) is 10.8 Å². The molecular formula is C64H119N11O46. The third-order valence-electron chi connectivity index (χ3n) is 19.5. The number of carbonyl (C=O) groups excluding carboxylic acids is 6. The summed E-state index contributed by atoms with van der Waals surface area (Å²) in [5, 5.41) is 364. The lowest BCUT2D eigenvalue weighted by atomic mass is 9.86. The van der Waals surface area contributed by atoms with Gasteiger partial charge in [0, 0.05) is 94.9 Å². The van der Waals surface area contributed by atoms with E-state index >= 15 is 0 Å². The molecule has 0 aromatic rings. The van der Waals surface area contributed by atoms with Crippen molar-refractivity contribution >= 4 is 59.3 Å². The number of ether oxygens (including phenoxy) is 2. The topological polar surface area (TPSA) is 983 Å². The molecule has 0 spiro atoms. The van der Waals surface area contributed by atoms with Gasteiger partial charge in [0.05, 0.1) is 79.0 Å². The van der Waals surface area contributed by atoms with Crippen LogP contribution in [0.5, 0.6) is 0 Å². The molecule has 0 radical (unpaired) electrons. The Hall–Kier alpha value is -6.78. The number of carboxylic acid groups (broad SMARTS) is 4. The molecule has 0 aromatic heterocycles. The van der Waals surface area contributed by atoms with Gasteiger partial charge in [0.1, 0.15) is 122 Å². The second-order valence-electron chi connectivity index (χ2n) is 29.0. The lowest BCUT2D eigenvalue weighted by Crippen LogP contribution is -2.62. The summed E-state index contributed by atoms with van der Waals surface area (Å²) in [6.07, 6.45) is -61.2. The van der Waals surface area contributed by atoms with Crippen molar-refractivity contribution in [3.8, 4) is 0 Å². The second-order valence-corrected chi connectivity index (χ2v) is 29.0. The van der Waals surface area contributed by atoms with Crippen molar-refractivity contribution in [3.63, 3.8) is 0 Å². The van der Waals surface area contributed by atoms with E-state index in [0.717, 1.165) is 16.7 Å². The number of hydrogen-bond acceptors (Lipinski definition) is 47. The van der Waals surface area contributed by atoms with Crippen LogP contribution in [0.3, 0.4) is 0 Å². The second kappa shape index (κ2) is 54.2. The highest BCUT2D eigenvalue weighted by Gasteiger charge is 2.48. The van der Waals surface area contributed by atoms with E-state index in [9.17, 15) is 222 Å². The van der Waals surface area contributed by atoms with Gasteiger partial charge in [-0.25, -0.2) is 0 Å². The zero-order valence-electron chi connectivity index (χ0n) is 64.9. The molecule has 1 rings (SSSR count). The third-order valence-corrected chi connectivity index (χ3v) is 19.5. The molecule has 1 fully saturated rings. The SMILES string of the molecule is CC1(N(CC(=O)O)CC(=O)O)CN(C(CC(=O)NCC(CNCOC(O)C(O)C(O)C(O)CO)(CNC(=O)C(O)C(O)C(O)C(O)CO)CNC(=O)C(O)C(O)C(O)C(O)CO)C(=O)O)CCN(C(CC(=O)NCC(CNCOC(O)C(O)C(O)C(O)CO)(CNC(=O)C(O)C(O)C(O)C(O)CO)CNC(=O)C(O)C(O)C(O)C(O)CO)C(=O)O)C1. The normalized spacial score (nSPS) is 22.0. The van der Waals surface area contributed by atoms with Crippen molar-refractivity contribution in [1.29, 1.82) is 0 Å². The summed E-state index contributed by atoms with van der Waals surface area (Å²) in [6.45, 7) is -22.4. The predicted octanol–water partition coefficient (Wildman–Crippen LogP) is -26.2. The molecule has 0 bridgehead atoms. The molecule has 42 N–H and O–H groups in total. The van der Waals surface area contributed by atoms with Gasteiger partial charge in [-0.3, -0.25) is 73.3 Å². The van der Waals surface area contributed by atoms with Crippen molar-refractivity contribution in [3.05, 3.63) is 0 Å². The van der Waals surface area contributed by atoms with Crippen molar-refractivity contribution in [2.75, 3.05) is 145 Å². The van der Waals surface area contributed by atoms with Gasteiger partial charge in [0.15, 0.2) is 37.0 Å². The van der Waals surface area contributed by atoms with Crippen LogP contribution in [0, 0.1) is 10.8 Å². The van der Waals surface area contributed by atoms with E-state index in [2.05, 4.69) is 42.5 Å². The Morgan fingerprint density at radius 3 is 0.777 bits per heavy atom. The molecule has 1 aliphatic rings. The number of rotatable bonds is 63. The number of carboxylic acids is 4. The molecule has 0 aromatic carbocycles. The van der Waals surface area contributed by atoms with Gasteiger partial charge in [-0.05, 0) is 6.92 Å². The number of carbonyl (C=O) groups is 10. The molecule has 57 heteroatoms.